The van der Waals surface area contributed by atoms with E-state index in [0.717, 1.165) is 11.1 Å². The molecule has 1 atom stereocenters. The number of halogens is 2. The summed E-state index contributed by atoms with van der Waals surface area (Å²) in [5.74, 6) is 1.89. The molecule has 1 amide bonds. The number of carbonyl (C=O) groups excluding carboxylic acids is 1. The van der Waals surface area contributed by atoms with Crippen molar-refractivity contribution < 1.29 is 19.0 Å². The molecule has 4 aromatic rings. The maximum atomic E-state index is 13.8. The van der Waals surface area contributed by atoms with E-state index in [1.54, 1.807) is 42.1 Å². The van der Waals surface area contributed by atoms with Gasteiger partial charge in [-0.1, -0.05) is 41.4 Å². The van der Waals surface area contributed by atoms with E-state index in [1.807, 2.05) is 37.3 Å². The third kappa shape index (κ3) is 5.50. The van der Waals surface area contributed by atoms with E-state index in [2.05, 4.69) is 20.7 Å². The predicted octanol–water partition coefficient (Wildman–Crippen LogP) is 6.11. The average molecular weight is 566 g/mol. The van der Waals surface area contributed by atoms with Gasteiger partial charge < -0.3 is 24.8 Å². The van der Waals surface area contributed by atoms with Gasteiger partial charge in [0.15, 0.2) is 0 Å². The van der Waals surface area contributed by atoms with Crippen LogP contribution in [-0.4, -0.2) is 34.9 Å². The van der Waals surface area contributed by atoms with Crippen molar-refractivity contribution in [2.45, 2.75) is 19.6 Å². The number of allylic oxidation sites excluding steroid dienone is 1. The van der Waals surface area contributed by atoms with Crippen molar-refractivity contribution in [1.29, 1.82) is 0 Å². The van der Waals surface area contributed by atoms with Gasteiger partial charge in [-0.3, -0.25) is 4.79 Å². The molecular weight excluding hydrogens is 541 g/mol. The minimum Gasteiger partial charge on any atom is -0.497 e. The molecule has 39 heavy (non-hydrogen) atoms. The summed E-state index contributed by atoms with van der Waals surface area (Å²) in [5.41, 5.74) is 3.24. The number of aromatic nitrogens is 3. The van der Waals surface area contributed by atoms with Crippen molar-refractivity contribution in [2.24, 2.45) is 0 Å². The summed E-state index contributed by atoms with van der Waals surface area (Å²) in [6.07, 6.45) is 1.44. The first kappa shape index (κ1) is 26.4. The lowest BCUT2D eigenvalue weighted by molar-refractivity contribution is -0.113. The normalized spacial score (nSPS) is 14.3. The minimum atomic E-state index is -0.575. The quantitative estimate of drug-likeness (QED) is 0.266. The van der Waals surface area contributed by atoms with E-state index in [9.17, 15) is 4.79 Å². The zero-order chi connectivity index (χ0) is 27.5. The van der Waals surface area contributed by atoms with E-state index in [0.29, 0.717) is 56.8 Å². The van der Waals surface area contributed by atoms with E-state index >= 15 is 0 Å². The lowest BCUT2D eigenvalue weighted by Gasteiger charge is -2.29. The van der Waals surface area contributed by atoms with Crippen molar-refractivity contribution in [1.82, 2.24) is 14.8 Å². The number of hydrogen-bond donors (Lipinski definition) is 2. The summed E-state index contributed by atoms with van der Waals surface area (Å²) in [4.78, 5) is 18.1. The van der Waals surface area contributed by atoms with Crippen LogP contribution < -0.4 is 24.8 Å². The van der Waals surface area contributed by atoms with Crippen LogP contribution in [0.25, 0.3) is 0 Å². The number of ether oxygens (including phenoxy) is 3. The second kappa shape index (κ2) is 11.3. The predicted molar refractivity (Wildman–Crippen MR) is 150 cm³/mol. The molecule has 0 unspecified atom stereocenters. The van der Waals surface area contributed by atoms with Crippen molar-refractivity contribution in [3.05, 3.63) is 99.4 Å². The molecule has 9 nitrogen and oxygen atoms in total. The van der Waals surface area contributed by atoms with Crippen LogP contribution in [0.5, 0.6) is 17.2 Å². The van der Waals surface area contributed by atoms with Crippen molar-refractivity contribution in [3.8, 4) is 17.2 Å². The monoisotopic (exact) mass is 565 g/mol. The van der Waals surface area contributed by atoms with Gasteiger partial charge in [0.05, 0.1) is 35.5 Å². The summed E-state index contributed by atoms with van der Waals surface area (Å²) in [6.45, 7) is 2.12. The Bertz CT molecular complexity index is 1570. The van der Waals surface area contributed by atoms with Gasteiger partial charge in [-0.25, -0.2) is 4.68 Å². The molecule has 5 rings (SSSR count). The lowest BCUT2D eigenvalue weighted by Crippen LogP contribution is -2.31. The highest BCUT2D eigenvalue weighted by atomic mass is 35.5. The molecule has 0 bridgehead atoms. The summed E-state index contributed by atoms with van der Waals surface area (Å²) in [6, 6.07) is 17.5. The van der Waals surface area contributed by atoms with Gasteiger partial charge in [-0.05, 0) is 54.4 Å². The summed E-state index contributed by atoms with van der Waals surface area (Å²) in [5, 5.41) is 11.5. The largest absolute Gasteiger partial charge is 0.497 e. The van der Waals surface area contributed by atoms with Gasteiger partial charge in [0.1, 0.15) is 36.2 Å². The van der Waals surface area contributed by atoms with Crippen LogP contribution in [0.3, 0.4) is 0 Å². The Morgan fingerprint density at radius 1 is 1.03 bits per heavy atom. The highest BCUT2D eigenvalue weighted by Crippen LogP contribution is 2.37. The summed E-state index contributed by atoms with van der Waals surface area (Å²) >= 11 is 12.2. The van der Waals surface area contributed by atoms with E-state index in [-0.39, 0.29) is 5.91 Å². The van der Waals surface area contributed by atoms with Crippen LogP contribution >= 0.6 is 23.2 Å². The number of nitrogens with zero attached hydrogens (tertiary/aromatic N) is 3. The second-order valence-corrected chi connectivity index (χ2v) is 9.54. The molecule has 2 heterocycles. The van der Waals surface area contributed by atoms with Crippen molar-refractivity contribution >= 4 is 40.7 Å². The van der Waals surface area contributed by atoms with E-state index < -0.39 is 6.04 Å². The average Bonchev–Trinajstić information content (AvgIpc) is 3.41. The molecule has 200 valence electrons. The van der Waals surface area contributed by atoms with Gasteiger partial charge in [-0.15, -0.1) is 0 Å². The Balaban J connectivity index is 1.46. The fourth-order valence-corrected chi connectivity index (χ4v) is 4.69. The topological polar surface area (TPSA) is 99.5 Å². The molecule has 3 aromatic carbocycles. The molecule has 0 radical (unpaired) electrons. The molecule has 0 saturated heterocycles. The van der Waals surface area contributed by atoms with Crippen LogP contribution in [-0.2, 0) is 11.4 Å². The standard InChI is InChI=1S/C28H25Cl2N5O4/c1-16-25(27(36)34-23-13-19(37-2)8-10-24(23)38-3)26(35-28(33-16)31-15-32-35)18-5-4-6-20(12-18)39-14-17-7-9-21(29)22(30)11-17/h4-13,15,26H,14H2,1-3H3,(H,34,36)(H,31,32,33)/t26-/m0/s1. The number of nitrogens with one attached hydrogen (secondary N) is 2. The second-order valence-electron chi connectivity index (χ2n) is 8.72. The van der Waals surface area contributed by atoms with Gasteiger partial charge in [0, 0.05) is 11.8 Å². The maximum absolute atomic E-state index is 13.8. The molecule has 11 heteroatoms. The van der Waals surface area contributed by atoms with Gasteiger partial charge >= 0.3 is 0 Å². The molecule has 1 aliphatic rings. The molecule has 0 saturated carbocycles. The molecule has 1 aliphatic heterocycles. The molecule has 0 fully saturated rings. The number of anilines is 2. The third-order valence-corrected chi connectivity index (χ3v) is 7.00. The van der Waals surface area contributed by atoms with Crippen LogP contribution in [0, 0.1) is 0 Å². The highest BCUT2D eigenvalue weighted by Gasteiger charge is 2.34. The number of benzene rings is 3. The molecule has 0 aliphatic carbocycles. The van der Waals surface area contributed by atoms with Crippen molar-refractivity contribution in [3.63, 3.8) is 0 Å². The first-order chi connectivity index (χ1) is 18.9. The zero-order valence-corrected chi connectivity index (χ0v) is 22.9. The number of amides is 1. The first-order valence-electron chi connectivity index (χ1n) is 11.9. The number of carbonyl (C=O) groups is 1. The van der Waals surface area contributed by atoms with Gasteiger partial charge in [0.2, 0.25) is 5.95 Å². The highest BCUT2D eigenvalue weighted by molar-refractivity contribution is 6.42. The number of rotatable bonds is 8. The Hall–Kier alpha value is -4.21. The minimum absolute atomic E-state index is 0.291. The molecule has 1 aromatic heterocycles. The third-order valence-electron chi connectivity index (χ3n) is 6.26. The van der Waals surface area contributed by atoms with E-state index in [4.69, 9.17) is 37.4 Å². The van der Waals surface area contributed by atoms with Crippen molar-refractivity contribution in [2.75, 3.05) is 24.9 Å². The van der Waals surface area contributed by atoms with Gasteiger partial charge in [-0.2, -0.15) is 10.1 Å². The Morgan fingerprint density at radius 3 is 2.64 bits per heavy atom. The first-order valence-corrected chi connectivity index (χ1v) is 12.7. The lowest BCUT2D eigenvalue weighted by atomic mass is 9.94. The summed E-state index contributed by atoms with van der Waals surface area (Å²) in [7, 11) is 3.10. The number of fused-ring (bicyclic) bond motifs is 1. The van der Waals surface area contributed by atoms with Crippen LogP contribution in [0.1, 0.15) is 24.1 Å². The zero-order valence-electron chi connectivity index (χ0n) is 21.4. The van der Waals surface area contributed by atoms with Gasteiger partial charge in [0.25, 0.3) is 5.91 Å². The Kier molecular flexibility index (Phi) is 7.63. The molecular formula is C28H25Cl2N5O4. The van der Waals surface area contributed by atoms with Crippen LogP contribution in [0.15, 0.2) is 78.3 Å². The molecule has 0 spiro atoms. The van der Waals surface area contributed by atoms with Crippen LogP contribution in [0.2, 0.25) is 10.0 Å². The maximum Gasteiger partial charge on any atom is 0.255 e. The molecule has 2 N–H and O–H groups in total. The summed E-state index contributed by atoms with van der Waals surface area (Å²) < 4.78 is 18.5. The SMILES string of the molecule is COc1ccc(OC)c(NC(=O)C2=C(C)Nc3ncnn3[C@H]2c2cccc(OCc3ccc(Cl)c(Cl)c3)c2)c1. The van der Waals surface area contributed by atoms with E-state index in [1.165, 1.54) is 13.4 Å². The fourth-order valence-electron chi connectivity index (χ4n) is 4.37. The Morgan fingerprint density at radius 2 is 1.87 bits per heavy atom. The van der Waals surface area contributed by atoms with Crippen LogP contribution in [0.4, 0.5) is 11.6 Å². The Labute approximate surface area is 235 Å². The number of hydrogen-bond acceptors (Lipinski definition) is 7. The number of methoxy groups -OCH3 is 2. The fraction of sp³-hybridized carbons (Fsp3) is 0.179. The smallest absolute Gasteiger partial charge is 0.255 e.